The second kappa shape index (κ2) is 8.66. The van der Waals surface area contributed by atoms with Gasteiger partial charge in [0.15, 0.2) is 6.10 Å². The lowest BCUT2D eigenvalue weighted by molar-refractivity contribution is -0.914. The molecule has 2 aromatic carbocycles. The van der Waals surface area contributed by atoms with E-state index in [1.165, 1.54) is 16.0 Å². The molecule has 2 aliphatic heterocycles. The molecule has 4 rings (SSSR count). The molecule has 0 aliphatic carbocycles. The lowest BCUT2D eigenvalue weighted by atomic mass is 10.00. The Morgan fingerprint density at radius 1 is 1.17 bits per heavy atom. The van der Waals surface area contributed by atoms with Gasteiger partial charge < -0.3 is 15.0 Å². The molecule has 2 amide bonds. The summed E-state index contributed by atoms with van der Waals surface area (Å²) in [4.78, 5) is 28.3. The van der Waals surface area contributed by atoms with E-state index in [1.54, 1.807) is 4.90 Å². The minimum absolute atomic E-state index is 0.0217. The van der Waals surface area contributed by atoms with Crippen LogP contribution in [0.15, 0.2) is 48.5 Å². The Hall–Kier alpha value is -2.86. The van der Waals surface area contributed by atoms with Crippen molar-refractivity contribution in [3.05, 3.63) is 59.7 Å². The van der Waals surface area contributed by atoms with Crippen LogP contribution in [0.1, 0.15) is 24.5 Å². The van der Waals surface area contributed by atoms with Gasteiger partial charge in [0.1, 0.15) is 18.8 Å². The van der Waals surface area contributed by atoms with Gasteiger partial charge in [0.25, 0.3) is 5.91 Å². The van der Waals surface area contributed by atoms with Crippen LogP contribution in [0.3, 0.4) is 0 Å². The molecule has 2 aliphatic rings. The second-order valence-corrected chi connectivity index (χ2v) is 7.70. The van der Waals surface area contributed by atoms with Crippen molar-refractivity contribution in [2.24, 2.45) is 0 Å². The maximum Gasteiger partial charge on any atom is 0.268 e. The van der Waals surface area contributed by atoms with Crippen LogP contribution in [0, 0.1) is 0 Å². The van der Waals surface area contributed by atoms with Crippen LogP contribution in [0.2, 0.25) is 0 Å². The number of carbonyl (C=O) groups excluding carboxylic acids is 2. The molecule has 0 spiro atoms. The molecular formula is C23H28N3O3+. The molecule has 29 heavy (non-hydrogen) atoms. The minimum Gasteiger partial charge on any atom is -0.478 e. The standard InChI is InChI=1S/C23H27N3O3/c1-2-20-23(28)26(19-9-5-6-10-21(19)29-20)16-22(27)24-12-14-25-13-11-17-7-3-4-8-18(17)15-25/h3-10,20H,2,11-16H2,1H3,(H,24,27)/p+1. The molecule has 0 fully saturated rings. The van der Waals surface area contributed by atoms with Crippen LogP contribution in [-0.4, -0.2) is 44.1 Å². The van der Waals surface area contributed by atoms with Crippen molar-refractivity contribution >= 4 is 17.5 Å². The molecule has 2 atom stereocenters. The van der Waals surface area contributed by atoms with E-state index in [4.69, 9.17) is 4.74 Å². The van der Waals surface area contributed by atoms with Gasteiger partial charge in [-0.2, -0.15) is 0 Å². The smallest absolute Gasteiger partial charge is 0.268 e. The van der Waals surface area contributed by atoms with Crippen LogP contribution in [0.5, 0.6) is 5.75 Å². The van der Waals surface area contributed by atoms with Crippen molar-refractivity contribution in [1.82, 2.24) is 5.32 Å². The van der Waals surface area contributed by atoms with E-state index in [0.717, 1.165) is 26.1 Å². The van der Waals surface area contributed by atoms with E-state index < -0.39 is 6.10 Å². The zero-order valence-corrected chi connectivity index (χ0v) is 16.8. The number of benzene rings is 2. The first kappa shape index (κ1) is 19.5. The maximum atomic E-state index is 12.7. The fourth-order valence-electron chi connectivity index (χ4n) is 4.13. The van der Waals surface area contributed by atoms with Gasteiger partial charge in [0, 0.05) is 12.0 Å². The van der Waals surface area contributed by atoms with E-state index >= 15 is 0 Å². The third-order valence-electron chi connectivity index (χ3n) is 5.75. The third kappa shape index (κ3) is 4.27. The van der Waals surface area contributed by atoms with Crippen molar-refractivity contribution < 1.29 is 19.2 Å². The molecule has 6 nitrogen and oxygen atoms in total. The summed E-state index contributed by atoms with van der Waals surface area (Å²) < 4.78 is 5.77. The highest BCUT2D eigenvalue weighted by atomic mass is 16.5. The van der Waals surface area contributed by atoms with Gasteiger partial charge >= 0.3 is 0 Å². The minimum atomic E-state index is -0.532. The number of quaternary nitrogens is 1. The zero-order chi connectivity index (χ0) is 20.2. The third-order valence-corrected chi connectivity index (χ3v) is 5.75. The average Bonchev–Trinajstić information content (AvgIpc) is 2.75. The van der Waals surface area contributed by atoms with Crippen LogP contribution in [0.4, 0.5) is 5.69 Å². The molecule has 2 unspecified atom stereocenters. The van der Waals surface area contributed by atoms with E-state index in [2.05, 4.69) is 29.6 Å². The van der Waals surface area contributed by atoms with Gasteiger partial charge in [-0.1, -0.05) is 43.3 Å². The number of fused-ring (bicyclic) bond motifs is 2. The van der Waals surface area contributed by atoms with Crippen molar-refractivity contribution in [2.75, 3.05) is 31.1 Å². The average molecular weight is 394 g/mol. The summed E-state index contributed by atoms with van der Waals surface area (Å²) in [6, 6.07) is 16.0. The molecule has 0 radical (unpaired) electrons. The molecule has 0 saturated heterocycles. The Labute approximate surface area is 171 Å². The first-order valence-corrected chi connectivity index (χ1v) is 10.4. The highest BCUT2D eigenvalue weighted by Gasteiger charge is 2.34. The molecule has 152 valence electrons. The Bertz CT molecular complexity index is 898. The molecule has 0 saturated carbocycles. The summed E-state index contributed by atoms with van der Waals surface area (Å²) >= 11 is 0. The SMILES string of the molecule is CCC1Oc2ccccc2N(CC(=O)NCC[NH+]2CCc3ccccc3C2)C1=O. The number of carbonyl (C=O) groups is 2. The lowest BCUT2D eigenvalue weighted by Crippen LogP contribution is -3.12. The number of nitrogens with zero attached hydrogens (tertiary/aromatic N) is 1. The lowest BCUT2D eigenvalue weighted by Gasteiger charge is -2.33. The predicted octanol–water partition coefficient (Wildman–Crippen LogP) is 0.948. The van der Waals surface area contributed by atoms with Crippen molar-refractivity contribution in [1.29, 1.82) is 0 Å². The van der Waals surface area contributed by atoms with Crippen LogP contribution in [0.25, 0.3) is 0 Å². The Morgan fingerprint density at radius 3 is 2.76 bits per heavy atom. The van der Waals surface area contributed by atoms with Crippen molar-refractivity contribution in [2.45, 2.75) is 32.4 Å². The quantitative estimate of drug-likeness (QED) is 0.767. The van der Waals surface area contributed by atoms with Gasteiger partial charge in [-0.25, -0.2) is 0 Å². The van der Waals surface area contributed by atoms with Crippen LogP contribution in [-0.2, 0) is 22.6 Å². The van der Waals surface area contributed by atoms with Gasteiger partial charge in [0.2, 0.25) is 5.91 Å². The summed E-state index contributed by atoms with van der Waals surface area (Å²) in [6.45, 7) is 5.50. The molecular weight excluding hydrogens is 366 g/mol. The Morgan fingerprint density at radius 2 is 1.93 bits per heavy atom. The molecule has 2 aromatic rings. The summed E-state index contributed by atoms with van der Waals surface area (Å²) in [6.07, 6.45) is 1.12. The van der Waals surface area contributed by atoms with Gasteiger partial charge in [-0.3, -0.25) is 14.5 Å². The molecule has 0 bridgehead atoms. The summed E-state index contributed by atoms with van der Waals surface area (Å²) in [5, 5.41) is 2.99. The second-order valence-electron chi connectivity index (χ2n) is 7.70. The predicted molar refractivity (Wildman–Crippen MR) is 111 cm³/mol. The Kier molecular flexibility index (Phi) is 5.81. The van der Waals surface area contributed by atoms with E-state index in [1.807, 2.05) is 31.2 Å². The Balaban J connectivity index is 1.31. The van der Waals surface area contributed by atoms with Crippen molar-refractivity contribution in [3.8, 4) is 5.75 Å². The van der Waals surface area contributed by atoms with Crippen molar-refractivity contribution in [3.63, 3.8) is 0 Å². The first-order chi connectivity index (χ1) is 14.2. The molecule has 2 N–H and O–H groups in total. The number of hydrogen-bond acceptors (Lipinski definition) is 3. The highest BCUT2D eigenvalue weighted by Crippen LogP contribution is 2.34. The van der Waals surface area contributed by atoms with Gasteiger partial charge in [-0.15, -0.1) is 0 Å². The monoisotopic (exact) mass is 394 g/mol. The molecule has 2 heterocycles. The number of hydrogen-bond donors (Lipinski definition) is 2. The van der Waals surface area contributed by atoms with E-state index in [-0.39, 0.29) is 18.4 Å². The fraction of sp³-hybridized carbons (Fsp3) is 0.391. The zero-order valence-electron chi connectivity index (χ0n) is 16.8. The highest BCUT2D eigenvalue weighted by molar-refractivity contribution is 6.03. The normalized spacial score (nSPS) is 20.4. The fourth-order valence-corrected chi connectivity index (χ4v) is 4.13. The summed E-state index contributed by atoms with van der Waals surface area (Å²) in [5.74, 6) is 0.365. The number of amides is 2. The van der Waals surface area contributed by atoms with E-state index in [9.17, 15) is 9.59 Å². The van der Waals surface area contributed by atoms with Crippen LogP contribution >= 0.6 is 0 Å². The van der Waals surface area contributed by atoms with Gasteiger partial charge in [-0.05, 0) is 24.1 Å². The number of rotatable bonds is 6. The maximum absolute atomic E-state index is 12.7. The summed E-state index contributed by atoms with van der Waals surface area (Å²) in [7, 11) is 0. The summed E-state index contributed by atoms with van der Waals surface area (Å²) in [5.41, 5.74) is 3.51. The van der Waals surface area contributed by atoms with Gasteiger partial charge in [0.05, 0.1) is 25.3 Å². The largest absolute Gasteiger partial charge is 0.478 e. The number of nitrogens with one attached hydrogen (secondary N) is 2. The molecule has 6 heteroatoms. The van der Waals surface area contributed by atoms with E-state index in [0.29, 0.717) is 24.4 Å². The first-order valence-electron chi connectivity index (χ1n) is 10.4. The molecule has 0 aromatic heterocycles. The number of para-hydroxylation sites is 2. The van der Waals surface area contributed by atoms with Crippen LogP contribution < -0.4 is 19.9 Å². The topological polar surface area (TPSA) is 63.1 Å². The number of anilines is 1. The number of ether oxygens (including phenoxy) is 1.